The molecule has 2 nitrogen and oxygen atoms in total. The summed E-state index contributed by atoms with van der Waals surface area (Å²) in [6, 6.07) is 13.8. The Labute approximate surface area is 265 Å². The molecule has 0 saturated heterocycles. The fraction of sp³-hybridized carbons (Fsp3) is 0.278. The standard InChI is InChI=1S/C36H29F9O2/c1-2-3-4-21-5-7-22(8-6-21)23-9-11-24(12-10-23)25-13-15-28(29(37)17-25)26-18-31(39)34(32(40)19-26)35(41,42)46-27-14-16-33(30(38)20-27)47-36(43,44)45/h3-4,9-22H,2,5-8H2,1H3. The second-order valence-corrected chi connectivity index (χ2v) is 11.3. The Kier molecular flexibility index (Phi) is 9.93. The number of alkyl halides is 5. The first-order valence-corrected chi connectivity index (χ1v) is 14.9. The Morgan fingerprint density at radius 3 is 1.85 bits per heavy atom. The van der Waals surface area contributed by atoms with Crippen molar-refractivity contribution in [1.29, 1.82) is 0 Å². The topological polar surface area (TPSA) is 18.5 Å². The molecule has 0 heterocycles. The minimum absolute atomic E-state index is 0.140. The highest BCUT2D eigenvalue weighted by Gasteiger charge is 2.42. The molecule has 4 aromatic carbocycles. The Morgan fingerprint density at radius 1 is 0.660 bits per heavy atom. The maximum absolute atomic E-state index is 15.2. The smallest absolute Gasteiger partial charge is 0.429 e. The van der Waals surface area contributed by atoms with Crippen LogP contribution in [0.25, 0.3) is 22.3 Å². The lowest BCUT2D eigenvalue weighted by atomic mass is 9.78. The lowest BCUT2D eigenvalue weighted by Crippen LogP contribution is -2.25. The number of rotatable bonds is 9. The molecule has 47 heavy (non-hydrogen) atoms. The van der Waals surface area contributed by atoms with Crippen LogP contribution in [0.5, 0.6) is 11.5 Å². The van der Waals surface area contributed by atoms with E-state index < -0.39 is 52.8 Å². The lowest BCUT2D eigenvalue weighted by molar-refractivity contribution is -0.275. The van der Waals surface area contributed by atoms with Gasteiger partial charge in [0.25, 0.3) is 0 Å². The van der Waals surface area contributed by atoms with E-state index in [1.807, 2.05) is 24.3 Å². The molecule has 0 unspecified atom stereocenters. The van der Waals surface area contributed by atoms with Crippen LogP contribution in [0.3, 0.4) is 0 Å². The maximum atomic E-state index is 15.2. The number of halogens is 9. The predicted molar refractivity (Wildman–Crippen MR) is 159 cm³/mol. The molecule has 0 spiro atoms. The number of hydrogen-bond acceptors (Lipinski definition) is 2. The molecule has 0 aromatic heterocycles. The van der Waals surface area contributed by atoms with E-state index in [2.05, 4.69) is 28.5 Å². The van der Waals surface area contributed by atoms with E-state index in [1.165, 1.54) is 17.7 Å². The van der Waals surface area contributed by atoms with Gasteiger partial charge in [0.1, 0.15) is 28.8 Å². The van der Waals surface area contributed by atoms with Crippen LogP contribution < -0.4 is 9.47 Å². The summed E-state index contributed by atoms with van der Waals surface area (Å²) in [6.07, 6.45) is -0.0375. The van der Waals surface area contributed by atoms with E-state index in [9.17, 15) is 35.1 Å². The first kappa shape index (κ1) is 33.9. The average molecular weight is 665 g/mol. The fourth-order valence-electron chi connectivity index (χ4n) is 5.81. The Bertz CT molecular complexity index is 1720. The van der Waals surface area contributed by atoms with Crippen LogP contribution in [0.2, 0.25) is 0 Å². The van der Waals surface area contributed by atoms with E-state index in [4.69, 9.17) is 0 Å². The molecule has 248 valence electrons. The minimum Gasteiger partial charge on any atom is -0.429 e. The first-order chi connectivity index (χ1) is 22.2. The highest BCUT2D eigenvalue weighted by atomic mass is 19.4. The molecule has 0 atom stereocenters. The molecule has 1 saturated carbocycles. The summed E-state index contributed by atoms with van der Waals surface area (Å²) in [7, 11) is 0. The van der Waals surface area contributed by atoms with Gasteiger partial charge < -0.3 is 9.47 Å². The van der Waals surface area contributed by atoms with Crippen molar-refractivity contribution in [2.24, 2.45) is 5.92 Å². The van der Waals surface area contributed by atoms with Gasteiger partial charge in [0.2, 0.25) is 0 Å². The Balaban J connectivity index is 1.30. The van der Waals surface area contributed by atoms with E-state index in [1.54, 1.807) is 6.07 Å². The minimum atomic E-state index is -5.25. The fourth-order valence-corrected chi connectivity index (χ4v) is 5.81. The lowest BCUT2D eigenvalue weighted by Gasteiger charge is -2.27. The zero-order valence-corrected chi connectivity index (χ0v) is 25.0. The zero-order valence-electron chi connectivity index (χ0n) is 25.0. The van der Waals surface area contributed by atoms with Gasteiger partial charge in [0, 0.05) is 11.6 Å². The number of benzene rings is 4. The molecular weight excluding hydrogens is 635 g/mol. The molecule has 1 aliphatic rings. The van der Waals surface area contributed by atoms with Gasteiger partial charge >= 0.3 is 12.5 Å². The molecule has 0 bridgehead atoms. The zero-order chi connectivity index (χ0) is 33.9. The summed E-state index contributed by atoms with van der Waals surface area (Å²) in [5, 5.41) is 0. The third-order valence-electron chi connectivity index (χ3n) is 8.12. The van der Waals surface area contributed by atoms with E-state index in [0.717, 1.165) is 37.7 Å². The van der Waals surface area contributed by atoms with Gasteiger partial charge in [-0.25, -0.2) is 17.6 Å². The number of ether oxygens (including phenoxy) is 2. The van der Waals surface area contributed by atoms with Crippen molar-refractivity contribution >= 4 is 0 Å². The van der Waals surface area contributed by atoms with Gasteiger partial charge in [-0.1, -0.05) is 55.5 Å². The molecule has 0 amide bonds. The molecule has 1 aliphatic carbocycles. The second-order valence-electron chi connectivity index (χ2n) is 11.3. The van der Waals surface area contributed by atoms with Crippen molar-refractivity contribution in [1.82, 2.24) is 0 Å². The summed E-state index contributed by atoms with van der Waals surface area (Å²) >= 11 is 0. The van der Waals surface area contributed by atoms with Crippen molar-refractivity contribution in [3.8, 4) is 33.8 Å². The molecule has 11 heteroatoms. The molecule has 1 fully saturated rings. The predicted octanol–water partition coefficient (Wildman–Crippen LogP) is 11.8. The van der Waals surface area contributed by atoms with E-state index in [-0.39, 0.29) is 17.2 Å². The molecular formula is C36H29F9O2. The Hall–Kier alpha value is -4.41. The van der Waals surface area contributed by atoms with Gasteiger partial charge in [-0.3, -0.25) is 0 Å². The van der Waals surface area contributed by atoms with Crippen molar-refractivity contribution in [2.75, 3.05) is 0 Å². The SMILES string of the molecule is CCC=CC1CCC(c2ccc(-c3ccc(-c4cc(F)c(C(F)(F)Oc5ccc(OC(F)(F)F)c(F)c5)c(F)c4)c(F)c3)cc2)CC1. The van der Waals surface area contributed by atoms with Crippen molar-refractivity contribution in [2.45, 2.75) is 57.4 Å². The van der Waals surface area contributed by atoms with Gasteiger partial charge in [0.05, 0.1) is 0 Å². The normalized spacial score (nSPS) is 17.2. The molecule has 4 aromatic rings. The Morgan fingerprint density at radius 2 is 1.28 bits per heavy atom. The van der Waals surface area contributed by atoms with Crippen LogP contribution in [-0.4, -0.2) is 6.36 Å². The molecule has 5 rings (SSSR count). The summed E-state index contributed by atoms with van der Waals surface area (Å²) in [5.74, 6) is -7.46. The van der Waals surface area contributed by atoms with Gasteiger partial charge in [0.15, 0.2) is 11.6 Å². The van der Waals surface area contributed by atoms with Crippen LogP contribution in [-0.2, 0) is 6.11 Å². The number of allylic oxidation sites excluding steroid dienone is 2. The first-order valence-electron chi connectivity index (χ1n) is 14.9. The third kappa shape index (κ3) is 8.12. The summed E-state index contributed by atoms with van der Waals surface area (Å²) in [6.45, 7) is 2.12. The highest BCUT2D eigenvalue weighted by molar-refractivity contribution is 5.71. The maximum Gasteiger partial charge on any atom is 0.573 e. The van der Waals surface area contributed by atoms with Crippen LogP contribution in [0, 0.1) is 29.2 Å². The van der Waals surface area contributed by atoms with Crippen LogP contribution in [0.4, 0.5) is 39.5 Å². The van der Waals surface area contributed by atoms with Gasteiger partial charge in [-0.15, -0.1) is 13.2 Å². The van der Waals surface area contributed by atoms with E-state index in [0.29, 0.717) is 41.7 Å². The summed E-state index contributed by atoms with van der Waals surface area (Å²) in [4.78, 5) is 0. The summed E-state index contributed by atoms with van der Waals surface area (Å²) in [5.41, 5.74) is -0.0630. The van der Waals surface area contributed by atoms with Crippen LogP contribution in [0.1, 0.15) is 56.1 Å². The van der Waals surface area contributed by atoms with Crippen LogP contribution in [0.15, 0.2) is 84.9 Å². The molecule has 0 radical (unpaired) electrons. The second kappa shape index (κ2) is 13.8. The van der Waals surface area contributed by atoms with Gasteiger partial charge in [-0.2, -0.15) is 8.78 Å². The van der Waals surface area contributed by atoms with Gasteiger partial charge in [-0.05, 0) is 96.5 Å². The van der Waals surface area contributed by atoms with Crippen molar-refractivity contribution in [3.63, 3.8) is 0 Å². The quantitative estimate of drug-likeness (QED) is 0.131. The average Bonchev–Trinajstić information content (AvgIpc) is 3.00. The third-order valence-corrected chi connectivity index (χ3v) is 8.12. The summed E-state index contributed by atoms with van der Waals surface area (Å²) < 4.78 is 133. The molecule has 0 aliphatic heterocycles. The monoisotopic (exact) mass is 664 g/mol. The van der Waals surface area contributed by atoms with Crippen molar-refractivity contribution < 1.29 is 49.0 Å². The largest absolute Gasteiger partial charge is 0.573 e. The molecule has 0 N–H and O–H groups in total. The van der Waals surface area contributed by atoms with Crippen LogP contribution >= 0.6 is 0 Å². The highest BCUT2D eigenvalue weighted by Crippen LogP contribution is 2.40. The van der Waals surface area contributed by atoms with Crippen molar-refractivity contribution in [3.05, 3.63) is 119 Å². The van der Waals surface area contributed by atoms with E-state index >= 15 is 4.39 Å². The number of hydrogen-bond donors (Lipinski definition) is 0.